The number of aromatic hydroxyl groups is 1. The van der Waals surface area contributed by atoms with E-state index < -0.39 is 17.7 Å². The molecule has 1 saturated heterocycles. The summed E-state index contributed by atoms with van der Waals surface area (Å²) in [5.41, 5.74) is 1.07. The zero-order valence-corrected chi connectivity index (χ0v) is 18.0. The molecule has 0 saturated carbocycles. The quantitative estimate of drug-likeness (QED) is 0.384. The third-order valence-corrected chi connectivity index (χ3v) is 5.12. The number of Topliss-reactive ketones (excluding diaryl/α,β-unsaturated/α-hetero) is 1. The van der Waals surface area contributed by atoms with Crippen molar-refractivity contribution < 1.29 is 24.5 Å². The van der Waals surface area contributed by atoms with Crippen LogP contribution in [-0.2, 0) is 9.59 Å². The minimum absolute atomic E-state index is 0.0297. The van der Waals surface area contributed by atoms with E-state index in [0.29, 0.717) is 36.6 Å². The number of ketones is 1. The van der Waals surface area contributed by atoms with Gasteiger partial charge in [-0.05, 0) is 50.3 Å². The van der Waals surface area contributed by atoms with Crippen molar-refractivity contribution in [1.29, 1.82) is 0 Å². The molecule has 7 nitrogen and oxygen atoms in total. The van der Waals surface area contributed by atoms with Gasteiger partial charge in [0.05, 0.1) is 18.2 Å². The van der Waals surface area contributed by atoms with Gasteiger partial charge in [-0.1, -0.05) is 31.2 Å². The highest BCUT2D eigenvalue weighted by molar-refractivity contribution is 6.46. The number of phenolic OH excluding ortho intramolecular Hbond substituents is 1. The molecule has 1 aliphatic heterocycles. The van der Waals surface area contributed by atoms with E-state index in [-0.39, 0.29) is 17.1 Å². The normalized spacial score (nSPS) is 18.1. The second-order valence-electron chi connectivity index (χ2n) is 7.76. The van der Waals surface area contributed by atoms with Crippen molar-refractivity contribution in [1.82, 2.24) is 9.80 Å². The highest BCUT2D eigenvalue weighted by Gasteiger charge is 2.45. The highest BCUT2D eigenvalue weighted by Crippen LogP contribution is 2.39. The van der Waals surface area contributed by atoms with E-state index in [9.17, 15) is 19.8 Å². The SMILES string of the molecule is CCCOc1cccc(C(O)=C2C(=O)C(=O)N(CCN(C)C)C2c2ccc(O)cc2)c1. The molecule has 7 heteroatoms. The number of benzene rings is 2. The summed E-state index contributed by atoms with van der Waals surface area (Å²) in [6.07, 6.45) is 0.841. The van der Waals surface area contributed by atoms with E-state index >= 15 is 0 Å². The summed E-state index contributed by atoms with van der Waals surface area (Å²) in [5, 5.41) is 20.8. The largest absolute Gasteiger partial charge is 0.508 e. The van der Waals surface area contributed by atoms with Crippen LogP contribution in [0.5, 0.6) is 11.5 Å². The van der Waals surface area contributed by atoms with Crippen molar-refractivity contribution in [3.05, 3.63) is 65.2 Å². The van der Waals surface area contributed by atoms with Crippen LogP contribution in [-0.4, -0.2) is 65.5 Å². The minimum Gasteiger partial charge on any atom is -0.508 e. The molecule has 1 heterocycles. The van der Waals surface area contributed by atoms with Gasteiger partial charge in [-0.25, -0.2) is 0 Å². The third kappa shape index (κ3) is 4.88. The number of aliphatic hydroxyl groups excluding tert-OH is 1. The van der Waals surface area contributed by atoms with Gasteiger partial charge in [0.25, 0.3) is 11.7 Å². The van der Waals surface area contributed by atoms with Crippen molar-refractivity contribution in [3.63, 3.8) is 0 Å². The van der Waals surface area contributed by atoms with Gasteiger partial charge in [-0.2, -0.15) is 0 Å². The zero-order chi connectivity index (χ0) is 22.5. The zero-order valence-electron chi connectivity index (χ0n) is 18.0. The molecule has 0 aliphatic carbocycles. The first-order valence-electron chi connectivity index (χ1n) is 10.3. The van der Waals surface area contributed by atoms with Crippen LogP contribution in [0.4, 0.5) is 0 Å². The number of likely N-dealkylation sites (tertiary alicyclic amines) is 1. The lowest BCUT2D eigenvalue weighted by atomic mass is 9.95. The first-order valence-corrected chi connectivity index (χ1v) is 10.3. The number of ether oxygens (including phenoxy) is 1. The number of amides is 1. The van der Waals surface area contributed by atoms with Gasteiger partial charge < -0.3 is 24.7 Å². The van der Waals surface area contributed by atoms with Gasteiger partial charge in [0.15, 0.2) is 0 Å². The minimum atomic E-state index is -0.749. The number of rotatable bonds is 8. The number of nitrogens with zero attached hydrogens (tertiary/aromatic N) is 2. The number of likely N-dealkylation sites (N-methyl/N-ethyl adjacent to an activating group) is 1. The molecule has 164 valence electrons. The molecule has 0 spiro atoms. The lowest BCUT2D eigenvalue weighted by molar-refractivity contribution is -0.140. The molecule has 1 amide bonds. The summed E-state index contributed by atoms with van der Waals surface area (Å²) in [5.74, 6) is -0.969. The molecular weight excluding hydrogens is 396 g/mol. The number of hydrogen-bond donors (Lipinski definition) is 2. The van der Waals surface area contributed by atoms with Crippen LogP contribution in [0.3, 0.4) is 0 Å². The first-order chi connectivity index (χ1) is 14.8. The Labute approximate surface area is 182 Å². The number of hydrogen-bond acceptors (Lipinski definition) is 6. The van der Waals surface area contributed by atoms with Crippen molar-refractivity contribution in [2.45, 2.75) is 19.4 Å². The standard InChI is InChI=1S/C24H28N2O5/c1-4-14-31-19-7-5-6-17(15-19)22(28)20-21(16-8-10-18(27)11-9-16)26(13-12-25(2)3)24(30)23(20)29/h5-11,15,21,27-28H,4,12-14H2,1-3H3. The fraction of sp³-hybridized carbons (Fsp3) is 0.333. The fourth-order valence-corrected chi connectivity index (χ4v) is 3.53. The second kappa shape index (κ2) is 9.66. The molecular formula is C24H28N2O5. The van der Waals surface area contributed by atoms with Gasteiger partial charge in [0, 0.05) is 18.7 Å². The topological polar surface area (TPSA) is 90.3 Å². The molecule has 1 fully saturated rings. The molecule has 1 aliphatic rings. The number of aliphatic hydroxyl groups is 1. The van der Waals surface area contributed by atoms with Gasteiger partial charge in [0.2, 0.25) is 0 Å². The molecule has 1 atom stereocenters. The Hall–Kier alpha value is -3.32. The molecule has 0 aromatic heterocycles. The Kier molecular flexibility index (Phi) is 6.97. The summed E-state index contributed by atoms with van der Waals surface area (Å²) in [4.78, 5) is 29.2. The monoisotopic (exact) mass is 424 g/mol. The van der Waals surface area contributed by atoms with Crippen LogP contribution in [0.15, 0.2) is 54.1 Å². The molecule has 2 N–H and O–H groups in total. The lowest BCUT2D eigenvalue weighted by Crippen LogP contribution is -2.35. The van der Waals surface area contributed by atoms with E-state index in [4.69, 9.17) is 4.74 Å². The van der Waals surface area contributed by atoms with E-state index in [1.54, 1.807) is 36.4 Å². The summed E-state index contributed by atoms with van der Waals surface area (Å²) < 4.78 is 5.64. The molecule has 3 rings (SSSR count). The van der Waals surface area contributed by atoms with E-state index in [0.717, 1.165) is 6.42 Å². The van der Waals surface area contributed by atoms with Crippen LogP contribution in [0.1, 0.15) is 30.5 Å². The Morgan fingerprint density at radius 2 is 1.84 bits per heavy atom. The van der Waals surface area contributed by atoms with E-state index in [2.05, 4.69) is 0 Å². The smallest absolute Gasteiger partial charge is 0.295 e. The van der Waals surface area contributed by atoms with Gasteiger partial charge in [-0.3, -0.25) is 9.59 Å². The molecule has 1 unspecified atom stereocenters. The lowest BCUT2D eigenvalue weighted by Gasteiger charge is -2.26. The molecule has 2 aromatic carbocycles. The first kappa shape index (κ1) is 22.4. The Morgan fingerprint density at radius 1 is 1.13 bits per heavy atom. The average molecular weight is 424 g/mol. The van der Waals surface area contributed by atoms with E-state index in [1.165, 1.54) is 17.0 Å². The van der Waals surface area contributed by atoms with Crippen LogP contribution < -0.4 is 4.74 Å². The molecule has 0 bridgehead atoms. The van der Waals surface area contributed by atoms with Gasteiger partial charge in [0.1, 0.15) is 17.3 Å². The summed E-state index contributed by atoms with van der Waals surface area (Å²) in [7, 11) is 3.77. The second-order valence-corrected chi connectivity index (χ2v) is 7.76. The Balaban J connectivity index is 2.09. The highest BCUT2D eigenvalue weighted by atomic mass is 16.5. The molecule has 31 heavy (non-hydrogen) atoms. The number of phenols is 1. The molecule has 0 radical (unpaired) electrons. The van der Waals surface area contributed by atoms with Crippen LogP contribution in [0.25, 0.3) is 5.76 Å². The van der Waals surface area contributed by atoms with Crippen molar-refractivity contribution >= 4 is 17.4 Å². The van der Waals surface area contributed by atoms with Gasteiger partial charge >= 0.3 is 0 Å². The third-order valence-electron chi connectivity index (χ3n) is 5.12. The van der Waals surface area contributed by atoms with E-state index in [1.807, 2.05) is 25.9 Å². The predicted molar refractivity (Wildman–Crippen MR) is 118 cm³/mol. The average Bonchev–Trinajstić information content (AvgIpc) is 3.01. The predicted octanol–water partition coefficient (Wildman–Crippen LogP) is 3.16. The van der Waals surface area contributed by atoms with Crippen molar-refractivity contribution in [2.24, 2.45) is 0 Å². The van der Waals surface area contributed by atoms with Crippen molar-refractivity contribution in [2.75, 3.05) is 33.8 Å². The van der Waals surface area contributed by atoms with Crippen LogP contribution in [0.2, 0.25) is 0 Å². The maximum absolute atomic E-state index is 13.0. The Bertz CT molecular complexity index is 982. The maximum atomic E-state index is 13.0. The summed E-state index contributed by atoms with van der Waals surface area (Å²) in [6.45, 7) is 3.41. The fourth-order valence-electron chi connectivity index (χ4n) is 3.53. The maximum Gasteiger partial charge on any atom is 0.295 e. The molecule has 2 aromatic rings. The number of carbonyl (C=O) groups is 2. The Morgan fingerprint density at radius 3 is 2.48 bits per heavy atom. The van der Waals surface area contributed by atoms with Crippen LogP contribution in [0, 0.1) is 0 Å². The summed E-state index contributed by atoms with van der Waals surface area (Å²) >= 11 is 0. The van der Waals surface area contributed by atoms with Crippen molar-refractivity contribution in [3.8, 4) is 11.5 Å². The number of carbonyl (C=O) groups excluding carboxylic acids is 2. The summed E-state index contributed by atoms with van der Waals surface area (Å²) in [6, 6.07) is 12.4. The van der Waals surface area contributed by atoms with Crippen LogP contribution >= 0.6 is 0 Å². The van der Waals surface area contributed by atoms with Gasteiger partial charge in [-0.15, -0.1) is 0 Å².